The molecule has 0 spiro atoms. The van der Waals surface area contributed by atoms with Gasteiger partial charge in [-0.2, -0.15) is 0 Å². The molecule has 0 aliphatic rings. The van der Waals surface area contributed by atoms with Gasteiger partial charge in [0.25, 0.3) is 0 Å². The van der Waals surface area contributed by atoms with Crippen molar-refractivity contribution in [1.82, 2.24) is 0 Å². The second kappa shape index (κ2) is 4.12. The monoisotopic (exact) mass is 235 g/mol. The van der Waals surface area contributed by atoms with Crippen LogP contribution in [0.15, 0.2) is 6.07 Å². The molecular weight excluding hydrogens is 228 g/mol. The van der Waals surface area contributed by atoms with E-state index in [1.165, 1.54) is 6.92 Å². The predicted octanol–water partition coefficient (Wildman–Crippen LogP) is 2.01. The van der Waals surface area contributed by atoms with Crippen LogP contribution in [0.5, 0.6) is 0 Å². The number of halogens is 3. The van der Waals surface area contributed by atoms with Crippen LogP contribution in [0.4, 0.5) is 8.78 Å². The summed E-state index contributed by atoms with van der Waals surface area (Å²) in [6.07, 6.45) is 0. The van der Waals surface area contributed by atoms with Gasteiger partial charge in [0.2, 0.25) is 0 Å². The Hall–Kier alpha value is -1.20. The van der Waals surface area contributed by atoms with Gasteiger partial charge < -0.3 is 10.8 Å². The standard InChI is InChI=1S/C9H8ClF2NO2/c1-3-2-4(10)7(12)5(6(3)11)8(13)9(14)15/h2,8H,13H2,1H3,(H,14,15). The summed E-state index contributed by atoms with van der Waals surface area (Å²) < 4.78 is 26.7. The Morgan fingerprint density at radius 1 is 1.53 bits per heavy atom. The molecule has 0 saturated heterocycles. The lowest BCUT2D eigenvalue weighted by Gasteiger charge is -2.12. The molecule has 0 aromatic heterocycles. The highest BCUT2D eigenvalue weighted by Crippen LogP contribution is 2.28. The molecule has 1 aromatic carbocycles. The molecule has 15 heavy (non-hydrogen) atoms. The van der Waals surface area contributed by atoms with Crippen molar-refractivity contribution in [2.24, 2.45) is 5.73 Å². The van der Waals surface area contributed by atoms with Crippen LogP contribution in [-0.4, -0.2) is 11.1 Å². The highest BCUT2D eigenvalue weighted by atomic mass is 35.5. The molecule has 0 radical (unpaired) electrons. The first kappa shape index (κ1) is 11.9. The zero-order valence-corrected chi connectivity index (χ0v) is 8.48. The number of aliphatic carboxylic acids is 1. The fraction of sp³-hybridized carbons (Fsp3) is 0.222. The largest absolute Gasteiger partial charge is 0.480 e. The van der Waals surface area contributed by atoms with E-state index in [1.807, 2.05) is 0 Å². The summed E-state index contributed by atoms with van der Waals surface area (Å²) in [5.74, 6) is -3.63. The van der Waals surface area contributed by atoms with Crippen molar-refractivity contribution in [1.29, 1.82) is 0 Å². The van der Waals surface area contributed by atoms with E-state index < -0.39 is 29.2 Å². The zero-order valence-electron chi connectivity index (χ0n) is 7.72. The zero-order chi connectivity index (χ0) is 11.7. The van der Waals surface area contributed by atoms with E-state index in [2.05, 4.69) is 0 Å². The Kier molecular flexibility index (Phi) is 3.26. The van der Waals surface area contributed by atoms with Crippen LogP contribution in [0.2, 0.25) is 5.02 Å². The van der Waals surface area contributed by atoms with Gasteiger partial charge in [-0.25, -0.2) is 8.78 Å². The van der Waals surface area contributed by atoms with Gasteiger partial charge in [-0.3, -0.25) is 4.79 Å². The van der Waals surface area contributed by atoms with Crippen molar-refractivity contribution in [3.05, 3.63) is 33.9 Å². The van der Waals surface area contributed by atoms with Gasteiger partial charge in [0.1, 0.15) is 17.7 Å². The number of hydrogen-bond donors (Lipinski definition) is 2. The minimum absolute atomic E-state index is 0.0492. The number of carbonyl (C=O) groups is 1. The molecule has 0 heterocycles. The van der Waals surface area contributed by atoms with Crippen molar-refractivity contribution in [3.8, 4) is 0 Å². The lowest BCUT2D eigenvalue weighted by Crippen LogP contribution is -2.23. The Morgan fingerprint density at radius 2 is 2.07 bits per heavy atom. The van der Waals surface area contributed by atoms with E-state index in [4.69, 9.17) is 22.4 Å². The summed E-state index contributed by atoms with van der Waals surface area (Å²) in [6, 6.07) is -0.688. The normalized spacial score (nSPS) is 12.6. The molecule has 0 aliphatic carbocycles. The second-order valence-electron chi connectivity index (χ2n) is 3.03. The topological polar surface area (TPSA) is 63.3 Å². The van der Waals surface area contributed by atoms with Gasteiger partial charge in [-0.15, -0.1) is 0 Å². The minimum Gasteiger partial charge on any atom is -0.480 e. The Bertz CT molecular complexity index is 397. The molecule has 1 aromatic rings. The molecule has 1 rings (SSSR count). The van der Waals surface area contributed by atoms with Crippen molar-refractivity contribution in [2.75, 3.05) is 0 Å². The average Bonchev–Trinajstić information content (AvgIpc) is 2.15. The summed E-state index contributed by atoms with van der Waals surface area (Å²) in [4.78, 5) is 10.5. The van der Waals surface area contributed by atoms with E-state index in [1.54, 1.807) is 0 Å². The number of carboxylic acids is 1. The molecule has 0 amide bonds. The van der Waals surface area contributed by atoms with E-state index >= 15 is 0 Å². The third-order valence-corrected chi connectivity index (χ3v) is 2.22. The molecule has 3 nitrogen and oxygen atoms in total. The van der Waals surface area contributed by atoms with E-state index in [9.17, 15) is 13.6 Å². The molecule has 6 heteroatoms. The highest BCUT2D eigenvalue weighted by Gasteiger charge is 2.25. The van der Waals surface area contributed by atoms with Crippen molar-refractivity contribution in [2.45, 2.75) is 13.0 Å². The number of rotatable bonds is 2. The smallest absolute Gasteiger partial charge is 0.325 e. The van der Waals surface area contributed by atoms with Crippen LogP contribution in [-0.2, 0) is 4.79 Å². The van der Waals surface area contributed by atoms with Gasteiger partial charge in [-0.05, 0) is 18.6 Å². The summed E-state index contributed by atoms with van der Waals surface area (Å²) in [5.41, 5.74) is 4.47. The summed E-state index contributed by atoms with van der Waals surface area (Å²) >= 11 is 5.45. The van der Waals surface area contributed by atoms with Gasteiger partial charge in [0.05, 0.1) is 10.6 Å². The van der Waals surface area contributed by atoms with Crippen LogP contribution in [0, 0.1) is 18.6 Å². The molecule has 0 bridgehead atoms. The van der Waals surface area contributed by atoms with Gasteiger partial charge in [0.15, 0.2) is 0 Å². The van der Waals surface area contributed by atoms with Crippen molar-refractivity contribution < 1.29 is 18.7 Å². The minimum atomic E-state index is -1.76. The third kappa shape index (κ3) is 2.08. The maximum Gasteiger partial charge on any atom is 0.325 e. The van der Waals surface area contributed by atoms with Crippen LogP contribution in [0.25, 0.3) is 0 Å². The molecule has 0 saturated carbocycles. The number of aryl methyl sites for hydroxylation is 1. The molecular formula is C9H8ClF2NO2. The third-order valence-electron chi connectivity index (χ3n) is 1.95. The molecule has 0 aliphatic heterocycles. The predicted molar refractivity (Wildman–Crippen MR) is 50.7 cm³/mol. The lowest BCUT2D eigenvalue weighted by molar-refractivity contribution is -0.138. The lowest BCUT2D eigenvalue weighted by atomic mass is 10.0. The molecule has 1 atom stereocenters. The first-order valence-corrected chi connectivity index (χ1v) is 4.36. The van der Waals surface area contributed by atoms with E-state index in [-0.39, 0.29) is 10.6 Å². The maximum absolute atomic E-state index is 13.4. The molecule has 0 fully saturated rings. The van der Waals surface area contributed by atoms with Crippen LogP contribution >= 0.6 is 11.6 Å². The summed E-state index contributed by atoms with van der Waals surface area (Å²) in [6.45, 7) is 1.35. The average molecular weight is 236 g/mol. The van der Waals surface area contributed by atoms with Crippen LogP contribution in [0.1, 0.15) is 17.2 Å². The highest BCUT2D eigenvalue weighted by molar-refractivity contribution is 6.30. The number of nitrogens with two attached hydrogens (primary N) is 1. The van der Waals surface area contributed by atoms with Crippen molar-refractivity contribution in [3.63, 3.8) is 0 Å². The Balaban J connectivity index is 3.45. The summed E-state index contributed by atoms with van der Waals surface area (Å²) in [5, 5.41) is 8.22. The van der Waals surface area contributed by atoms with Crippen LogP contribution < -0.4 is 5.73 Å². The molecule has 82 valence electrons. The van der Waals surface area contributed by atoms with Gasteiger partial charge in [-0.1, -0.05) is 11.6 Å². The summed E-state index contributed by atoms with van der Waals surface area (Å²) in [7, 11) is 0. The first-order valence-electron chi connectivity index (χ1n) is 3.98. The number of carboxylic acid groups (broad SMARTS) is 1. The fourth-order valence-electron chi connectivity index (χ4n) is 1.15. The SMILES string of the molecule is Cc1cc(Cl)c(F)c(C(N)C(=O)O)c1F. The quantitative estimate of drug-likeness (QED) is 0.771. The first-order chi connectivity index (χ1) is 6.86. The number of hydrogen-bond acceptors (Lipinski definition) is 2. The Morgan fingerprint density at radius 3 is 2.53 bits per heavy atom. The van der Waals surface area contributed by atoms with Gasteiger partial charge >= 0.3 is 5.97 Å². The van der Waals surface area contributed by atoms with Gasteiger partial charge in [0, 0.05) is 0 Å². The number of benzene rings is 1. The second-order valence-corrected chi connectivity index (χ2v) is 3.44. The molecule has 1 unspecified atom stereocenters. The maximum atomic E-state index is 13.4. The van der Waals surface area contributed by atoms with E-state index in [0.717, 1.165) is 6.07 Å². The van der Waals surface area contributed by atoms with E-state index in [0.29, 0.717) is 0 Å². The van der Waals surface area contributed by atoms with Crippen molar-refractivity contribution >= 4 is 17.6 Å². The molecule has 3 N–H and O–H groups in total. The Labute approximate surface area is 89.5 Å². The van der Waals surface area contributed by atoms with Crippen LogP contribution in [0.3, 0.4) is 0 Å². The fourth-order valence-corrected chi connectivity index (χ4v) is 1.42.